The van der Waals surface area contributed by atoms with Crippen LogP contribution in [0.3, 0.4) is 0 Å². The van der Waals surface area contributed by atoms with E-state index in [1.807, 2.05) is 24.4 Å². The van der Waals surface area contributed by atoms with Crippen LogP contribution in [0.15, 0.2) is 37.1 Å². The number of nitrogens with one attached hydrogen (secondary N) is 1. The van der Waals surface area contributed by atoms with Gasteiger partial charge in [-0.25, -0.2) is 0 Å². The highest BCUT2D eigenvalue weighted by atomic mass is 14.9. The molecule has 0 saturated carbocycles. The maximum Gasteiger partial charge on any atom is 0.0541 e. The van der Waals surface area contributed by atoms with Gasteiger partial charge < -0.3 is 5.32 Å². The lowest BCUT2D eigenvalue weighted by Gasteiger charge is -2.16. The zero-order valence-corrected chi connectivity index (χ0v) is 10.2. The molecule has 88 valence electrons. The van der Waals surface area contributed by atoms with Crippen molar-refractivity contribution in [2.75, 3.05) is 0 Å². The highest BCUT2D eigenvalue weighted by Gasteiger charge is 2.05. The standard InChI is InChI=1S/C14H22N2/c1-3-5-9-13(8-4-2)16-12-14-10-6-7-11-15-14/h3,6-7,10-11,13,16H,1,4-5,8-9,12H2,2H3. The number of nitrogens with zero attached hydrogens (tertiary/aromatic N) is 1. The fourth-order valence-electron chi connectivity index (χ4n) is 1.77. The van der Waals surface area contributed by atoms with Gasteiger partial charge in [0.2, 0.25) is 0 Å². The van der Waals surface area contributed by atoms with Gasteiger partial charge in [0, 0.05) is 18.8 Å². The van der Waals surface area contributed by atoms with Crippen molar-refractivity contribution in [1.82, 2.24) is 10.3 Å². The number of pyridine rings is 1. The minimum absolute atomic E-state index is 0.588. The molecule has 1 rings (SSSR count). The zero-order chi connectivity index (χ0) is 11.6. The van der Waals surface area contributed by atoms with E-state index in [0.717, 1.165) is 18.7 Å². The first-order chi connectivity index (χ1) is 7.86. The first-order valence-corrected chi connectivity index (χ1v) is 6.11. The fourth-order valence-corrected chi connectivity index (χ4v) is 1.77. The number of allylic oxidation sites excluding steroid dienone is 1. The predicted octanol–water partition coefficient (Wildman–Crippen LogP) is 3.31. The summed E-state index contributed by atoms with van der Waals surface area (Å²) in [6.07, 6.45) is 8.53. The first-order valence-electron chi connectivity index (χ1n) is 6.11. The monoisotopic (exact) mass is 218 g/mol. The maximum atomic E-state index is 4.31. The van der Waals surface area contributed by atoms with Crippen molar-refractivity contribution in [2.24, 2.45) is 0 Å². The lowest BCUT2D eigenvalue weighted by atomic mass is 10.1. The highest BCUT2D eigenvalue weighted by Crippen LogP contribution is 2.06. The molecule has 0 aromatic carbocycles. The van der Waals surface area contributed by atoms with Crippen LogP contribution in [0.2, 0.25) is 0 Å². The van der Waals surface area contributed by atoms with Crippen molar-refractivity contribution in [3.8, 4) is 0 Å². The molecule has 1 N–H and O–H groups in total. The van der Waals surface area contributed by atoms with E-state index >= 15 is 0 Å². The molecule has 1 aromatic heterocycles. The summed E-state index contributed by atoms with van der Waals surface area (Å²) in [5.74, 6) is 0. The van der Waals surface area contributed by atoms with Gasteiger partial charge in [0.25, 0.3) is 0 Å². The highest BCUT2D eigenvalue weighted by molar-refractivity contribution is 5.03. The molecule has 1 atom stereocenters. The second-order valence-electron chi connectivity index (χ2n) is 4.05. The smallest absolute Gasteiger partial charge is 0.0541 e. The third-order valence-electron chi connectivity index (χ3n) is 2.65. The molecule has 0 aliphatic rings. The Hall–Kier alpha value is -1.15. The van der Waals surface area contributed by atoms with Gasteiger partial charge in [0.1, 0.15) is 0 Å². The molecule has 0 fully saturated rings. The molecule has 0 saturated heterocycles. The van der Waals surface area contributed by atoms with Crippen molar-refractivity contribution in [1.29, 1.82) is 0 Å². The van der Waals surface area contributed by atoms with Crippen molar-refractivity contribution in [2.45, 2.75) is 45.2 Å². The van der Waals surface area contributed by atoms with E-state index in [0.29, 0.717) is 6.04 Å². The lowest BCUT2D eigenvalue weighted by molar-refractivity contribution is 0.447. The second kappa shape index (κ2) is 8.05. The van der Waals surface area contributed by atoms with E-state index < -0.39 is 0 Å². The molecular formula is C14H22N2. The van der Waals surface area contributed by atoms with E-state index in [1.54, 1.807) is 0 Å². The van der Waals surface area contributed by atoms with Crippen LogP contribution >= 0.6 is 0 Å². The Kier molecular flexibility index (Phi) is 6.50. The molecular weight excluding hydrogens is 196 g/mol. The fraction of sp³-hybridized carbons (Fsp3) is 0.500. The first kappa shape index (κ1) is 12.9. The average molecular weight is 218 g/mol. The van der Waals surface area contributed by atoms with Crippen LogP contribution in [0.5, 0.6) is 0 Å². The minimum Gasteiger partial charge on any atom is -0.308 e. The molecule has 1 heterocycles. The van der Waals surface area contributed by atoms with Gasteiger partial charge in [-0.1, -0.05) is 25.5 Å². The summed E-state index contributed by atoms with van der Waals surface area (Å²) >= 11 is 0. The van der Waals surface area contributed by atoms with Gasteiger partial charge in [-0.05, 0) is 31.4 Å². The molecule has 0 bridgehead atoms. The van der Waals surface area contributed by atoms with Crippen LogP contribution in [-0.4, -0.2) is 11.0 Å². The van der Waals surface area contributed by atoms with Crippen LogP contribution in [0.25, 0.3) is 0 Å². The number of hydrogen-bond acceptors (Lipinski definition) is 2. The summed E-state index contributed by atoms with van der Waals surface area (Å²) in [5.41, 5.74) is 1.11. The van der Waals surface area contributed by atoms with Gasteiger partial charge in [-0.15, -0.1) is 6.58 Å². The van der Waals surface area contributed by atoms with Crippen LogP contribution in [0, 0.1) is 0 Å². The lowest BCUT2D eigenvalue weighted by Crippen LogP contribution is -2.28. The number of aromatic nitrogens is 1. The normalized spacial score (nSPS) is 12.3. The number of rotatable bonds is 8. The molecule has 16 heavy (non-hydrogen) atoms. The van der Waals surface area contributed by atoms with Crippen LogP contribution in [-0.2, 0) is 6.54 Å². The van der Waals surface area contributed by atoms with Crippen molar-refractivity contribution in [3.05, 3.63) is 42.7 Å². The summed E-state index contributed by atoms with van der Waals surface area (Å²) in [4.78, 5) is 4.31. The van der Waals surface area contributed by atoms with Gasteiger partial charge in [0.15, 0.2) is 0 Å². The maximum absolute atomic E-state index is 4.31. The molecule has 0 aliphatic heterocycles. The summed E-state index contributed by atoms with van der Waals surface area (Å²) in [6.45, 7) is 6.86. The van der Waals surface area contributed by atoms with E-state index in [2.05, 4.69) is 29.9 Å². The van der Waals surface area contributed by atoms with Gasteiger partial charge in [0.05, 0.1) is 5.69 Å². The predicted molar refractivity (Wildman–Crippen MR) is 69.2 cm³/mol. The Balaban J connectivity index is 2.34. The van der Waals surface area contributed by atoms with Crippen molar-refractivity contribution in [3.63, 3.8) is 0 Å². The second-order valence-corrected chi connectivity index (χ2v) is 4.05. The van der Waals surface area contributed by atoms with Crippen LogP contribution in [0.1, 0.15) is 38.3 Å². The SMILES string of the molecule is C=CCCC(CCC)NCc1ccccn1. The van der Waals surface area contributed by atoms with Crippen molar-refractivity contribution < 1.29 is 0 Å². The third kappa shape index (κ3) is 5.08. The van der Waals surface area contributed by atoms with E-state index in [4.69, 9.17) is 0 Å². The van der Waals surface area contributed by atoms with Crippen LogP contribution < -0.4 is 5.32 Å². The van der Waals surface area contributed by atoms with Crippen LogP contribution in [0.4, 0.5) is 0 Å². The molecule has 1 aromatic rings. The summed E-state index contributed by atoms with van der Waals surface area (Å²) < 4.78 is 0. The number of hydrogen-bond donors (Lipinski definition) is 1. The molecule has 0 radical (unpaired) electrons. The molecule has 2 heteroatoms. The Bertz CT molecular complexity index is 282. The summed E-state index contributed by atoms with van der Waals surface area (Å²) in [5, 5.41) is 3.56. The molecule has 0 aliphatic carbocycles. The van der Waals surface area contributed by atoms with Gasteiger partial charge in [-0.2, -0.15) is 0 Å². The third-order valence-corrected chi connectivity index (χ3v) is 2.65. The largest absolute Gasteiger partial charge is 0.308 e. The Morgan fingerprint density at radius 1 is 1.44 bits per heavy atom. The quantitative estimate of drug-likeness (QED) is 0.677. The van der Waals surface area contributed by atoms with E-state index in [-0.39, 0.29) is 0 Å². The molecule has 1 unspecified atom stereocenters. The molecule has 0 spiro atoms. The minimum atomic E-state index is 0.588. The topological polar surface area (TPSA) is 24.9 Å². The molecule has 2 nitrogen and oxygen atoms in total. The Morgan fingerprint density at radius 3 is 2.94 bits per heavy atom. The zero-order valence-electron chi connectivity index (χ0n) is 10.2. The van der Waals surface area contributed by atoms with E-state index in [9.17, 15) is 0 Å². The van der Waals surface area contributed by atoms with Gasteiger partial charge >= 0.3 is 0 Å². The Morgan fingerprint density at radius 2 is 2.31 bits per heavy atom. The van der Waals surface area contributed by atoms with Gasteiger partial charge in [-0.3, -0.25) is 4.98 Å². The summed E-state index contributed by atoms with van der Waals surface area (Å²) in [6, 6.07) is 6.63. The summed E-state index contributed by atoms with van der Waals surface area (Å²) in [7, 11) is 0. The molecule has 0 amide bonds. The van der Waals surface area contributed by atoms with Crippen molar-refractivity contribution >= 4 is 0 Å². The Labute approximate surface area is 98.8 Å². The average Bonchev–Trinajstić information content (AvgIpc) is 2.34. The van der Waals surface area contributed by atoms with E-state index in [1.165, 1.54) is 19.3 Å².